The van der Waals surface area contributed by atoms with Crippen molar-refractivity contribution < 1.29 is 8.42 Å². The van der Waals surface area contributed by atoms with Crippen molar-refractivity contribution in [3.63, 3.8) is 0 Å². The van der Waals surface area contributed by atoms with Crippen molar-refractivity contribution in [2.75, 3.05) is 31.1 Å². The highest BCUT2D eigenvalue weighted by Crippen LogP contribution is 2.28. The summed E-state index contributed by atoms with van der Waals surface area (Å²) in [5.74, 6) is 1.62. The van der Waals surface area contributed by atoms with Gasteiger partial charge in [-0.05, 0) is 24.1 Å². The Hall–Kier alpha value is -2.68. The van der Waals surface area contributed by atoms with E-state index in [2.05, 4.69) is 14.4 Å². The van der Waals surface area contributed by atoms with Crippen molar-refractivity contribution in [3.05, 3.63) is 52.3 Å². The molecular formula is C19H23N5O3S. The summed E-state index contributed by atoms with van der Waals surface area (Å²) in [7, 11) is -3.61. The third-order valence-electron chi connectivity index (χ3n) is 4.91. The van der Waals surface area contributed by atoms with E-state index in [1.807, 2.05) is 24.8 Å². The van der Waals surface area contributed by atoms with Crippen molar-refractivity contribution in [2.45, 2.75) is 25.3 Å². The second-order valence-electron chi connectivity index (χ2n) is 7.47. The molecule has 3 heterocycles. The zero-order valence-corrected chi connectivity index (χ0v) is 16.8. The molecule has 0 bridgehead atoms. The Morgan fingerprint density at radius 3 is 2.39 bits per heavy atom. The summed E-state index contributed by atoms with van der Waals surface area (Å²) < 4.78 is 30.1. The smallest absolute Gasteiger partial charge is 0.285 e. The van der Waals surface area contributed by atoms with Crippen LogP contribution in [0.2, 0.25) is 0 Å². The minimum Gasteiger partial charge on any atom is -0.352 e. The second-order valence-corrected chi connectivity index (χ2v) is 9.04. The maximum Gasteiger partial charge on any atom is 0.285 e. The van der Waals surface area contributed by atoms with Gasteiger partial charge < -0.3 is 9.80 Å². The summed E-state index contributed by atoms with van der Waals surface area (Å²) in [5, 5.41) is 4.50. The van der Waals surface area contributed by atoms with Gasteiger partial charge in [0.15, 0.2) is 5.84 Å². The molecule has 1 fully saturated rings. The van der Waals surface area contributed by atoms with E-state index >= 15 is 0 Å². The fraction of sp³-hybridized carbons (Fsp3) is 0.421. The Morgan fingerprint density at radius 2 is 1.68 bits per heavy atom. The molecule has 0 spiro atoms. The van der Waals surface area contributed by atoms with Crippen LogP contribution in [0.3, 0.4) is 0 Å². The lowest BCUT2D eigenvalue weighted by Crippen LogP contribution is -2.49. The van der Waals surface area contributed by atoms with Crippen LogP contribution in [0, 0.1) is 5.92 Å². The monoisotopic (exact) mass is 401 g/mol. The van der Waals surface area contributed by atoms with E-state index in [0.717, 1.165) is 5.82 Å². The predicted octanol–water partition coefficient (Wildman–Crippen LogP) is 1.17. The first-order chi connectivity index (χ1) is 13.3. The largest absolute Gasteiger partial charge is 0.352 e. The van der Waals surface area contributed by atoms with Crippen LogP contribution in [0.15, 0.2) is 50.5 Å². The van der Waals surface area contributed by atoms with E-state index in [1.165, 1.54) is 4.68 Å². The van der Waals surface area contributed by atoms with E-state index in [9.17, 15) is 13.2 Å². The zero-order chi connectivity index (χ0) is 19.9. The maximum atomic E-state index is 12.3. The summed E-state index contributed by atoms with van der Waals surface area (Å²) >= 11 is 0. The molecule has 0 N–H and O–H groups in total. The van der Waals surface area contributed by atoms with Crippen LogP contribution in [0.4, 0.5) is 5.82 Å². The average Bonchev–Trinajstić information content (AvgIpc) is 2.95. The molecule has 2 aliphatic rings. The van der Waals surface area contributed by atoms with Crippen molar-refractivity contribution >= 4 is 21.7 Å². The molecule has 8 nitrogen and oxygen atoms in total. The third kappa shape index (κ3) is 3.42. The number of fused-ring (bicyclic) bond motifs is 1. The molecule has 2 aliphatic heterocycles. The van der Waals surface area contributed by atoms with Gasteiger partial charge in [0.25, 0.3) is 15.6 Å². The van der Waals surface area contributed by atoms with Gasteiger partial charge in [-0.1, -0.05) is 26.0 Å². The van der Waals surface area contributed by atoms with Crippen molar-refractivity contribution in [3.8, 4) is 0 Å². The quantitative estimate of drug-likeness (QED) is 0.767. The maximum absolute atomic E-state index is 12.3. The number of nitrogens with zero attached hydrogens (tertiary/aromatic N) is 5. The highest BCUT2D eigenvalue weighted by molar-refractivity contribution is 7.90. The molecule has 0 unspecified atom stereocenters. The fourth-order valence-corrected chi connectivity index (χ4v) is 4.78. The molecule has 0 amide bonds. The lowest BCUT2D eigenvalue weighted by molar-refractivity contribution is 0.382. The lowest BCUT2D eigenvalue weighted by atomic mass is 10.1. The number of benzene rings is 1. The number of hydrogen-bond donors (Lipinski definition) is 0. The number of rotatable bonds is 3. The zero-order valence-electron chi connectivity index (χ0n) is 15.9. The summed E-state index contributed by atoms with van der Waals surface area (Å²) in [6.07, 6.45) is 0. The van der Waals surface area contributed by atoms with Crippen molar-refractivity contribution in [1.29, 1.82) is 0 Å². The van der Waals surface area contributed by atoms with Crippen molar-refractivity contribution in [1.82, 2.24) is 14.7 Å². The summed E-state index contributed by atoms with van der Waals surface area (Å²) in [6.45, 7) is 7.29. The molecule has 148 valence electrons. The van der Waals surface area contributed by atoms with E-state index in [4.69, 9.17) is 0 Å². The van der Waals surface area contributed by atoms with Crippen LogP contribution in [0.25, 0.3) is 0 Å². The van der Waals surface area contributed by atoms with Gasteiger partial charge >= 0.3 is 0 Å². The second kappa shape index (κ2) is 7.05. The minimum absolute atomic E-state index is 0.0989. The average molecular weight is 401 g/mol. The van der Waals surface area contributed by atoms with Gasteiger partial charge in [-0.15, -0.1) is 4.40 Å². The van der Waals surface area contributed by atoms with E-state index in [0.29, 0.717) is 50.0 Å². The Labute approximate surface area is 164 Å². The van der Waals surface area contributed by atoms with Crippen LogP contribution in [0.5, 0.6) is 0 Å². The van der Waals surface area contributed by atoms with E-state index < -0.39 is 10.0 Å². The first-order valence-electron chi connectivity index (χ1n) is 9.37. The predicted molar refractivity (Wildman–Crippen MR) is 107 cm³/mol. The Bertz CT molecular complexity index is 1080. The first-order valence-corrected chi connectivity index (χ1v) is 10.8. The number of aromatic nitrogens is 2. The lowest BCUT2D eigenvalue weighted by Gasteiger charge is -2.36. The highest BCUT2D eigenvalue weighted by atomic mass is 32.2. The molecule has 0 radical (unpaired) electrons. The molecule has 0 atom stereocenters. The van der Waals surface area contributed by atoms with Gasteiger partial charge in [-0.2, -0.15) is 13.5 Å². The standard InChI is InChI=1S/C19H23N5O3S/c1-14(2)13-24-18(25)8-7-17(20-24)22-9-11-23(12-10-22)19-15-5-3-4-6-16(15)28(26,27)21-19/h3-8,14H,9-13H2,1-2H3. The minimum atomic E-state index is -3.61. The van der Waals surface area contributed by atoms with Gasteiger partial charge in [0.1, 0.15) is 10.7 Å². The molecule has 9 heteroatoms. The number of amidine groups is 1. The van der Waals surface area contributed by atoms with E-state index in [-0.39, 0.29) is 10.5 Å². The van der Waals surface area contributed by atoms with Gasteiger partial charge in [-0.25, -0.2) is 4.68 Å². The van der Waals surface area contributed by atoms with Gasteiger partial charge in [0.2, 0.25) is 0 Å². The Balaban J connectivity index is 1.51. The summed E-state index contributed by atoms with van der Waals surface area (Å²) in [5.41, 5.74) is 0.567. The molecular weight excluding hydrogens is 378 g/mol. The molecule has 2 aromatic rings. The number of anilines is 1. The number of hydrogen-bond acceptors (Lipinski definition) is 6. The SMILES string of the molecule is CC(C)Cn1nc(N2CCN(C3=NS(=O)(=O)c4ccccc43)CC2)ccc1=O. The molecule has 1 saturated heterocycles. The van der Waals surface area contributed by atoms with Crippen LogP contribution >= 0.6 is 0 Å². The molecule has 1 aromatic heterocycles. The first kappa shape index (κ1) is 18.7. The Kier molecular flexibility index (Phi) is 4.70. The summed E-state index contributed by atoms with van der Waals surface area (Å²) in [6, 6.07) is 10.2. The van der Waals surface area contributed by atoms with E-state index in [1.54, 1.807) is 30.3 Å². The topological polar surface area (TPSA) is 87.9 Å². The highest BCUT2D eigenvalue weighted by Gasteiger charge is 2.33. The van der Waals surface area contributed by atoms with Crippen molar-refractivity contribution in [2.24, 2.45) is 10.3 Å². The normalized spacial score (nSPS) is 18.3. The molecule has 0 aliphatic carbocycles. The van der Waals surface area contributed by atoms with Crippen LogP contribution in [-0.4, -0.2) is 55.1 Å². The van der Waals surface area contributed by atoms with Crippen LogP contribution in [0.1, 0.15) is 19.4 Å². The molecule has 1 aromatic carbocycles. The van der Waals surface area contributed by atoms with Gasteiger partial charge in [-0.3, -0.25) is 4.79 Å². The molecule has 4 rings (SSSR count). The molecule has 0 saturated carbocycles. The van der Waals surface area contributed by atoms with Gasteiger partial charge in [0.05, 0.1) is 0 Å². The number of sulfonamides is 1. The van der Waals surface area contributed by atoms with Crippen LogP contribution in [-0.2, 0) is 16.6 Å². The van der Waals surface area contributed by atoms with Crippen LogP contribution < -0.4 is 10.5 Å². The third-order valence-corrected chi connectivity index (χ3v) is 6.23. The number of piperazine rings is 1. The van der Waals surface area contributed by atoms with Gasteiger partial charge in [0, 0.05) is 44.4 Å². The summed E-state index contributed by atoms with van der Waals surface area (Å²) in [4.78, 5) is 16.4. The fourth-order valence-electron chi connectivity index (χ4n) is 3.55. The Morgan fingerprint density at radius 1 is 1.00 bits per heavy atom. The molecule has 28 heavy (non-hydrogen) atoms.